The lowest BCUT2D eigenvalue weighted by molar-refractivity contribution is -0.146. The lowest BCUT2D eigenvalue weighted by Gasteiger charge is -2.24. The van der Waals surface area contributed by atoms with E-state index in [0.29, 0.717) is 18.4 Å². The lowest BCUT2D eigenvalue weighted by Crippen LogP contribution is -2.43. The second-order valence-electron chi connectivity index (χ2n) is 7.96. The number of nitrogens with zero attached hydrogens (tertiary/aromatic N) is 2. The van der Waals surface area contributed by atoms with Crippen LogP contribution in [0, 0.1) is 0 Å². The highest BCUT2D eigenvalue weighted by molar-refractivity contribution is 5.98. The Kier molecular flexibility index (Phi) is 10.7. The van der Waals surface area contributed by atoms with Gasteiger partial charge in [0.05, 0.1) is 0 Å². The van der Waals surface area contributed by atoms with Gasteiger partial charge in [0.15, 0.2) is 12.3 Å². The van der Waals surface area contributed by atoms with Crippen LogP contribution in [0.2, 0.25) is 0 Å². The molecule has 0 spiro atoms. The molecule has 2 amide bonds. The van der Waals surface area contributed by atoms with Crippen molar-refractivity contribution in [3.05, 3.63) is 56.7 Å². The van der Waals surface area contributed by atoms with E-state index in [0.717, 1.165) is 24.2 Å². The van der Waals surface area contributed by atoms with E-state index in [1.54, 1.807) is 30.3 Å². The van der Waals surface area contributed by atoms with Gasteiger partial charge in [-0.2, -0.15) is 0 Å². The number of nitrogens with two attached hydrogens (primary N) is 1. The van der Waals surface area contributed by atoms with Gasteiger partial charge in [-0.1, -0.05) is 51.3 Å². The molecule has 0 bridgehead atoms. The van der Waals surface area contributed by atoms with Gasteiger partial charge in [0, 0.05) is 18.7 Å². The number of esters is 1. The predicted molar refractivity (Wildman–Crippen MR) is 132 cm³/mol. The molecule has 0 aliphatic carbocycles. The zero-order valence-corrected chi connectivity index (χ0v) is 20.2. The van der Waals surface area contributed by atoms with Gasteiger partial charge in [0.1, 0.15) is 12.4 Å². The second kappa shape index (κ2) is 13.7. The summed E-state index contributed by atoms with van der Waals surface area (Å²) < 4.78 is 6.26. The van der Waals surface area contributed by atoms with Gasteiger partial charge in [-0.05, 0) is 25.0 Å². The summed E-state index contributed by atoms with van der Waals surface area (Å²) in [5, 5.41) is 2.43. The number of anilines is 2. The minimum absolute atomic E-state index is 0.113. The Labute approximate surface area is 203 Å². The molecule has 1 aromatic heterocycles. The third-order valence-electron chi connectivity index (χ3n) is 5.29. The molecule has 0 atom stereocenters. The van der Waals surface area contributed by atoms with Crippen molar-refractivity contribution < 1.29 is 19.1 Å². The standard InChI is InChI=1S/C24H33N5O6/c1-3-5-10-14-28(20-21(25)29(13-6-4-2)24(34)27-23(20)33)18(30)16-35-19(31)15-26-22(32)17-11-8-7-9-12-17/h7-9,11-12H,3-6,10,13-16,25H2,1-2H3,(H,26,32)(H,27,33,34). The average molecular weight is 488 g/mol. The number of hydrogen-bond acceptors (Lipinski definition) is 7. The van der Waals surface area contributed by atoms with E-state index in [-0.39, 0.29) is 24.6 Å². The van der Waals surface area contributed by atoms with Gasteiger partial charge in [-0.25, -0.2) is 4.79 Å². The lowest BCUT2D eigenvalue weighted by atomic mass is 10.2. The SMILES string of the molecule is CCCCCN(C(=O)COC(=O)CNC(=O)c1ccccc1)c1c(N)n(CCCC)c(=O)[nH]c1=O. The first-order chi connectivity index (χ1) is 16.8. The van der Waals surface area contributed by atoms with Crippen LogP contribution < -0.4 is 27.2 Å². The van der Waals surface area contributed by atoms with Crippen LogP contribution in [0.4, 0.5) is 11.5 Å². The second-order valence-corrected chi connectivity index (χ2v) is 7.96. The molecular formula is C24H33N5O6. The summed E-state index contributed by atoms with van der Waals surface area (Å²) >= 11 is 0. The zero-order chi connectivity index (χ0) is 25.8. The molecule has 2 rings (SSSR count). The molecule has 35 heavy (non-hydrogen) atoms. The average Bonchev–Trinajstić information content (AvgIpc) is 2.85. The van der Waals surface area contributed by atoms with Crippen LogP contribution in [0.3, 0.4) is 0 Å². The van der Waals surface area contributed by atoms with Gasteiger partial charge in [0.2, 0.25) is 0 Å². The van der Waals surface area contributed by atoms with E-state index >= 15 is 0 Å². The van der Waals surface area contributed by atoms with Crippen molar-refractivity contribution in [1.29, 1.82) is 0 Å². The summed E-state index contributed by atoms with van der Waals surface area (Å²) in [6, 6.07) is 8.34. The number of aromatic amines is 1. The van der Waals surface area contributed by atoms with E-state index in [1.807, 2.05) is 13.8 Å². The van der Waals surface area contributed by atoms with Gasteiger partial charge >= 0.3 is 11.7 Å². The van der Waals surface area contributed by atoms with Crippen molar-refractivity contribution in [3.63, 3.8) is 0 Å². The maximum absolute atomic E-state index is 13.0. The van der Waals surface area contributed by atoms with Gasteiger partial charge in [-0.15, -0.1) is 0 Å². The molecule has 11 heteroatoms. The molecule has 4 N–H and O–H groups in total. The molecule has 11 nitrogen and oxygen atoms in total. The van der Waals surface area contributed by atoms with E-state index in [4.69, 9.17) is 10.5 Å². The minimum Gasteiger partial charge on any atom is -0.454 e. The Morgan fingerprint density at radius 3 is 2.40 bits per heavy atom. The van der Waals surface area contributed by atoms with Crippen molar-refractivity contribution in [3.8, 4) is 0 Å². The zero-order valence-electron chi connectivity index (χ0n) is 20.2. The first-order valence-corrected chi connectivity index (χ1v) is 11.7. The maximum atomic E-state index is 13.0. The Hall–Kier alpha value is -3.89. The van der Waals surface area contributed by atoms with Gasteiger partial charge in [-0.3, -0.25) is 28.7 Å². The molecule has 0 unspecified atom stereocenters. The molecule has 0 saturated carbocycles. The number of hydrogen-bond donors (Lipinski definition) is 3. The topological polar surface area (TPSA) is 157 Å². The summed E-state index contributed by atoms with van der Waals surface area (Å²) in [7, 11) is 0. The third-order valence-corrected chi connectivity index (χ3v) is 5.29. The van der Waals surface area contributed by atoms with Crippen molar-refractivity contribution in [2.24, 2.45) is 0 Å². The van der Waals surface area contributed by atoms with Crippen molar-refractivity contribution in [2.45, 2.75) is 52.5 Å². The van der Waals surface area contributed by atoms with Crippen LogP contribution >= 0.6 is 0 Å². The molecule has 2 aromatic rings. The predicted octanol–water partition coefficient (Wildman–Crippen LogP) is 1.42. The van der Waals surface area contributed by atoms with Crippen molar-refractivity contribution >= 4 is 29.3 Å². The maximum Gasteiger partial charge on any atom is 0.330 e. The highest BCUT2D eigenvalue weighted by Gasteiger charge is 2.25. The smallest absolute Gasteiger partial charge is 0.330 e. The molecule has 1 heterocycles. The number of nitrogen functional groups attached to an aromatic ring is 1. The van der Waals surface area contributed by atoms with Crippen LogP contribution in [0.5, 0.6) is 0 Å². The summed E-state index contributed by atoms with van der Waals surface area (Å²) in [6.45, 7) is 3.31. The van der Waals surface area contributed by atoms with Crippen LogP contribution in [0.1, 0.15) is 56.3 Å². The number of rotatable bonds is 13. The summed E-state index contributed by atoms with van der Waals surface area (Å²) in [4.78, 5) is 65.4. The number of benzene rings is 1. The number of carbonyl (C=O) groups is 3. The van der Waals surface area contributed by atoms with Crippen LogP contribution in [-0.4, -0.2) is 47.0 Å². The van der Waals surface area contributed by atoms with Crippen LogP contribution in [-0.2, 0) is 20.9 Å². The Bertz CT molecular complexity index is 1130. The van der Waals surface area contributed by atoms with Gasteiger partial charge < -0.3 is 20.7 Å². The van der Waals surface area contributed by atoms with E-state index in [2.05, 4.69) is 10.3 Å². The third kappa shape index (κ3) is 7.83. The number of carbonyl (C=O) groups excluding carboxylic acids is 3. The Balaban J connectivity index is 2.12. The number of nitrogens with one attached hydrogen (secondary N) is 2. The molecule has 0 aliphatic heterocycles. The van der Waals surface area contributed by atoms with E-state index in [9.17, 15) is 24.0 Å². The Morgan fingerprint density at radius 2 is 1.74 bits per heavy atom. The largest absolute Gasteiger partial charge is 0.454 e. The van der Waals surface area contributed by atoms with Crippen LogP contribution in [0.15, 0.2) is 39.9 Å². The fourth-order valence-corrected chi connectivity index (χ4v) is 3.37. The fourth-order valence-electron chi connectivity index (χ4n) is 3.37. The molecule has 0 radical (unpaired) electrons. The van der Waals surface area contributed by atoms with E-state index < -0.39 is 42.2 Å². The van der Waals surface area contributed by atoms with E-state index in [1.165, 1.54) is 4.57 Å². The molecule has 0 aliphatic rings. The summed E-state index contributed by atoms with van der Waals surface area (Å²) in [5.74, 6) is -2.05. The van der Waals surface area contributed by atoms with Crippen molar-refractivity contribution in [1.82, 2.24) is 14.9 Å². The highest BCUT2D eigenvalue weighted by Crippen LogP contribution is 2.18. The molecular weight excluding hydrogens is 454 g/mol. The number of amides is 2. The van der Waals surface area contributed by atoms with Crippen LogP contribution in [0.25, 0.3) is 0 Å². The highest BCUT2D eigenvalue weighted by atomic mass is 16.5. The quantitative estimate of drug-likeness (QED) is 0.285. The first-order valence-electron chi connectivity index (χ1n) is 11.7. The molecule has 1 aromatic carbocycles. The normalized spacial score (nSPS) is 10.6. The molecule has 190 valence electrons. The minimum atomic E-state index is -0.814. The summed E-state index contributed by atoms with van der Waals surface area (Å²) in [6.07, 6.45) is 3.71. The summed E-state index contributed by atoms with van der Waals surface area (Å²) in [5.41, 5.74) is 4.96. The fraction of sp³-hybridized carbons (Fsp3) is 0.458. The van der Waals surface area contributed by atoms with Crippen molar-refractivity contribution in [2.75, 3.05) is 30.3 Å². The molecule has 0 fully saturated rings. The number of aromatic nitrogens is 2. The number of unbranched alkanes of at least 4 members (excludes halogenated alkanes) is 3. The van der Waals surface area contributed by atoms with Gasteiger partial charge in [0.25, 0.3) is 17.4 Å². The first kappa shape index (κ1) is 27.4. The Morgan fingerprint density at radius 1 is 1.06 bits per heavy atom. The monoisotopic (exact) mass is 487 g/mol. The number of H-pyrrole nitrogens is 1. The molecule has 0 saturated heterocycles. The number of ether oxygens (including phenoxy) is 1.